The highest BCUT2D eigenvalue weighted by Gasteiger charge is 2.36. The first-order valence-electron chi connectivity index (χ1n) is 8.00. The average Bonchev–Trinajstić information content (AvgIpc) is 2.53. The Morgan fingerprint density at radius 1 is 1.32 bits per heavy atom. The van der Waals surface area contributed by atoms with Crippen molar-refractivity contribution in [3.63, 3.8) is 0 Å². The van der Waals surface area contributed by atoms with Crippen LogP contribution in [0.4, 0.5) is 4.79 Å². The molecule has 1 amide bonds. The Bertz CT molecular complexity index is 635. The van der Waals surface area contributed by atoms with Crippen LogP contribution in [0.2, 0.25) is 0 Å². The van der Waals surface area contributed by atoms with Gasteiger partial charge in [-0.3, -0.25) is 14.7 Å². The van der Waals surface area contributed by atoms with Gasteiger partial charge in [-0.2, -0.15) is 0 Å². The maximum absolute atomic E-state index is 12.2. The number of piperazine rings is 1. The Balaban J connectivity index is 2.09. The lowest BCUT2D eigenvalue weighted by Crippen LogP contribution is -2.58. The first kappa shape index (κ1) is 19.5. The Morgan fingerprint density at radius 3 is 2.60 bits per heavy atom. The standard InChI is InChI=1S/C16H24N4O4S/c1-16(2,3)24-15(23)20-8-7-19(12(10-20)14(21)22)9-11-13(25-4)18-6-5-17-11/h5-6,12H,7-10H2,1-4H3,(H,21,22)/t12-/m0/s1. The van der Waals surface area contributed by atoms with Crippen molar-refractivity contribution in [3.8, 4) is 0 Å². The van der Waals surface area contributed by atoms with E-state index in [0.717, 1.165) is 10.7 Å². The molecule has 1 atom stereocenters. The van der Waals surface area contributed by atoms with Crippen molar-refractivity contribution in [2.75, 3.05) is 25.9 Å². The van der Waals surface area contributed by atoms with Gasteiger partial charge < -0.3 is 14.7 Å². The van der Waals surface area contributed by atoms with Crippen LogP contribution in [-0.4, -0.2) is 74.5 Å². The number of carbonyl (C=O) groups excluding carboxylic acids is 1. The lowest BCUT2D eigenvalue weighted by Gasteiger charge is -2.39. The van der Waals surface area contributed by atoms with Crippen LogP contribution in [0.25, 0.3) is 0 Å². The third-order valence-corrected chi connectivity index (χ3v) is 4.44. The summed E-state index contributed by atoms with van der Waals surface area (Å²) >= 11 is 1.47. The van der Waals surface area contributed by atoms with E-state index >= 15 is 0 Å². The number of thioether (sulfide) groups is 1. The van der Waals surface area contributed by atoms with Crippen LogP contribution in [-0.2, 0) is 16.1 Å². The van der Waals surface area contributed by atoms with E-state index in [0.29, 0.717) is 19.6 Å². The maximum atomic E-state index is 12.2. The van der Waals surface area contributed by atoms with Crippen LogP contribution in [0.5, 0.6) is 0 Å². The second-order valence-corrected chi connectivity index (χ2v) is 7.56. The largest absolute Gasteiger partial charge is 0.480 e. The van der Waals surface area contributed by atoms with Crippen molar-refractivity contribution < 1.29 is 19.4 Å². The summed E-state index contributed by atoms with van der Waals surface area (Å²) in [6.45, 7) is 6.66. The van der Waals surface area contributed by atoms with E-state index in [1.807, 2.05) is 11.2 Å². The highest BCUT2D eigenvalue weighted by atomic mass is 32.2. The van der Waals surface area contributed by atoms with E-state index in [1.54, 1.807) is 33.2 Å². The van der Waals surface area contributed by atoms with E-state index in [9.17, 15) is 14.7 Å². The molecular weight excluding hydrogens is 344 g/mol. The lowest BCUT2D eigenvalue weighted by atomic mass is 10.1. The summed E-state index contributed by atoms with van der Waals surface area (Å²) in [6.07, 6.45) is 4.64. The lowest BCUT2D eigenvalue weighted by molar-refractivity contribution is -0.145. The van der Waals surface area contributed by atoms with Crippen molar-refractivity contribution in [3.05, 3.63) is 18.1 Å². The number of carboxylic acids is 1. The summed E-state index contributed by atoms with van der Waals surface area (Å²) in [7, 11) is 0. The predicted molar refractivity (Wildman–Crippen MR) is 93.5 cm³/mol. The van der Waals surface area contributed by atoms with Gasteiger partial charge in [0.1, 0.15) is 16.7 Å². The summed E-state index contributed by atoms with van der Waals surface area (Å²) in [5.74, 6) is -0.970. The second kappa shape index (κ2) is 8.01. The molecule has 1 fully saturated rings. The number of nitrogens with zero attached hydrogens (tertiary/aromatic N) is 4. The molecule has 1 aromatic heterocycles. The molecule has 2 heterocycles. The Hall–Kier alpha value is -1.87. The molecule has 0 spiro atoms. The molecule has 0 radical (unpaired) electrons. The molecule has 25 heavy (non-hydrogen) atoms. The smallest absolute Gasteiger partial charge is 0.410 e. The van der Waals surface area contributed by atoms with Crippen molar-refractivity contribution >= 4 is 23.8 Å². The summed E-state index contributed by atoms with van der Waals surface area (Å²) < 4.78 is 5.35. The highest BCUT2D eigenvalue weighted by molar-refractivity contribution is 7.98. The fraction of sp³-hybridized carbons (Fsp3) is 0.625. The third-order valence-electron chi connectivity index (χ3n) is 3.71. The van der Waals surface area contributed by atoms with Crippen LogP contribution < -0.4 is 0 Å². The van der Waals surface area contributed by atoms with Gasteiger partial charge >= 0.3 is 12.1 Å². The monoisotopic (exact) mass is 368 g/mol. The van der Waals surface area contributed by atoms with E-state index in [1.165, 1.54) is 16.7 Å². The Labute approximate surface area is 151 Å². The van der Waals surface area contributed by atoms with Gasteiger partial charge in [0.15, 0.2) is 0 Å². The van der Waals surface area contributed by atoms with E-state index in [-0.39, 0.29) is 6.54 Å². The predicted octanol–water partition coefficient (Wildman–Crippen LogP) is 1.70. The zero-order valence-electron chi connectivity index (χ0n) is 14.9. The van der Waals surface area contributed by atoms with Gasteiger partial charge in [-0.25, -0.2) is 9.78 Å². The maximum Gasteiger partial charge on any atom is 0.410 e. The fourth-order valence-corrected chi connectivity index (χ4v) is 3.08. The van der Waals surface area contributed by atoms with Crippen LogP contribution in [0.15, 0.2) is 17.4 Å². The van der Waals surface area contributed by atoms with E-state index in [4.69, 9.17) is 4.74 Å². The SMILES string of the molecule is CSc1nccnc1CN1CCN(C(=O)OC(C)(C)C)C[C@H]1C(=O)O. The molecule has 0 bridgehead atoms. The first-order valence-corrected chi connectivity index (χ1v) is 9.22. The molecule has 0 saturated carbocycles. The van der Waals surface area contributed by atoms with Crippen LogP contribution >= 0.6 is 11.8 Å². The number of hydrogen-bond acceptors (Lipinski definition) is 7. The number of hydrogen-bond donors (Lipinski definition) is 1. The highest BCUT2D eigenvalue weighted by Crippen LogP contribution is 2.20. The summed E-state index contributed by atoms with van der Waals surface area (Å²) in [5, 5.41) is 10.4. The molecule has 1 aromatic rings. The van der Waals surface area contributed by atoms with Crippen molar-refractivity contribution in [2.24, 2.45) is 0 Å². The molecule has 1 saturated heterocycles. The molecule has 0 unspecified atom stereocenters. The Morgan fingerprint density at radius 2 is 2.00 bits per heavy atom. The molecule has 2 rings (SSSR count). The molecule has 8 nitrogen and oxygen atoms in total. The quantitative estimate of drug-likeness (QED) is 0.803. The molecule has 138 valence electrons. The number of aliphatic carboxylic acids is 1. The number of carboxylic acid groups (broad SMARTS) is 1. The van der Waals surface area contributed by atoms with Crippen LogP contribution in [0.3, 0.4) is 0 Å². The van der Waals surface area contributed by atoms with Crippen molar-refractivity contribution in [2.45, 2.75) is 44.0 Å². The van der Waals surface area contributed by atoms with E-state index in [2.05, 4.69) is 9.97 Å². The Kier molecular flexibility index (Phi) is 6.23. The number of rotatable bonds is 4. The molecular formula is C16H24N4O4S. The van der Waals surface area contributed by atoms with Crippen LogP contribution in [0.1, 0.15) is 26.5 Å². The minimum absolute atomic E-state index is 0.0825. The number of ether oxygens (including phenoxy) is 1. The van der Waals surface area contributed by atoms with Gasteiger partial charge in [-0.15, -0.1) is 11.8 Å². The fourth-order valence-electron chi connectivity index (χ4n) is 2.56. The number of aromatic nitrogens is 2. The molecule has 1 N–H and O–H groups in total. The van der Waals surface area contributed by atoms with Gasteiger partial charge in [-0.05, 0) is 27.0 Å². The summed E-state index contributed by atoms with van der Waals surface area (Å²) in [4.78, 5) is 35.8. The zero-order valence-corrected chi connectivity index (χ0v) is 15.7. The summed E-state index contributed by atoms with van der Waals surface area (Å²) in [5.41, 5.74) is 0.131. The minimum atomic E-state index is -0.970. The van der Waals surface area contributed by atoms with Gasteiger partial charge in [0.2, 0.25) is 0 Å². The van der Waals surface area contributed by atoms with Crippen molar-refractivity contribution in [1.82, 2.24) is 19.8 Å². The number of amides is 1. The third kappa shape index (κ3) is 5.30. The average molecular weight is 368 g/mol. The molecule has 9 heteroatoms. The minimum Gasteiger partial charge on any atom is -0.480 e. The molecule has 0 aromatic carbocycles. The topological polar surface area (TPSA) is 95.9 Å². The summed E-state index contributed by atoms with van der Waals surface area (Å²) in [6, 6.07) is -0.807. The normalized spacial score (nSPS) is 18.9. The molecule has 1 aliphatic rings. The van der Waals surface area contributed by atoms with Gasteiger partial charge in [0.25, 0.3) is 0 Å². The second-order valence-electron chi connectivity index (χ2n) is 6.76. The van der Waals surface area contributed by atoms with E-state index < -0.39 is 23.7 Å². The van der Waals surface area contributed by atoms with Gasteiger partial charge in [0, 0.05) is 32.0 Å². The van der Waals surface area contributed by atoms with Gasteiger partial charge in [0.05, 0.1) is 12.2 Å². The number of carbonyl (C=O) groups is 2. The van der Waals surface area contributed by atoms with Crippen LogP contribution in [0, 0.1) is 0 Å². The van der Waals surface area contributed by atoms with Crippen molar-refractivity contribution in [1.29, 1.82) is 0 Å². The first-order chi connectivity index (χ1) is 11.7. The molecule has 0 aliphatic carbocycles. The molecule has 1 aliphatic heterocycles. The van der Waals surface area contributed by atoms with Gasteiger partial charge in [-0.1, -0.05) is 0 Å². The zero-order chi connectivity index (χ0) is 18.6.